The van der Waals surface area contributed by atoms with E-state index in [1.807, 2.05) is 38.3 Å². The third-order valence-electron chi connectivity index (χ3n) is 3.91. The van der Waals surface area contributed by atoms with Crippen LogP contribution in [0, 0.1) is 0 Å². The summed E-state index contributed by atoms with van der Waals surface area (Å²) in [4.78, 5) is 25.6. The molecule has 158 valence electrons. The minimum atomic E-state index is -3.65. The van der Waals surface area contributed by atoms with E-state index in [-0.39, 0.29) is 16.4 Å². The summed E-state index contributed by atoms with van der Waals surface area (Å²) in [6.45, 7) is 7.45. The zero-order valence-corrected chi connectivity index (χ0v) is 18.6. The highest BCUT2D eigenvalue weighted by molar-refractivity contribution is 7.89. The molecule has 1 aromatic carbocycles. The van der Waals surface area contributed by atoms with Gasteiger partial charge in [0.05, 0.1) is 4.90 Å². The van der Waals surface area contributed by atoms with Crippen LogP contribution >= 0.6 is 11.3 Å². The quantitative estimate of drug-likeness (QED) is 0.589. The first-order valence-electron chi connectivity index (χ1n) is 9.23. The number of thiophene rings is 1. The summed E-state index contributed by atoms with van der Waals surface area (Å²) in [5.74, 6) is -0.740. The van der Waals surface area contributed by atoms with Gasteiger partial charge in [-0.25, -0.2) is 13.1 Å². The third-order valence-corrected chi connectivity index (χ3v) is 6.32. The van der Waals surface area contributed by atoms with E-state index in [1.165, 1.54) is 24.3 Å². The topological polar surface area (TPSA) is 104 Å². The Morgan fingerprint density at radius 1 is 1.10 bits per heavy atom. The Labute approximate surface area is 176 Å². The van der Waals surface area contributed by atoms with Crippen LogP contribution in [0.2, 0.25) is 0 Å². The Morgan fingerprint density at radius 3 is 2.31 bits per heavy atom. The molecule has 1 heterocycles. The van der Waals surface area contributed by atoms with E-state index in [0.717, 1.165) is 4.88 Å². The fourth-order valence-electron chi connectivity index (χ4n) is 2.46. The van der Waals surface area contributed by atoms with Gasteiger partial charge in [0.15, 0.2) is 0 Å². The smallest absolute Gasteiger partial charge is 0.251 e. The van der Waals surface area contributed by atoms with Gasteiger partial charge in [-0.15, -0.1) is 11.3 Å². The van der Waals surface area contributed by atoms with Gasteiger partial charge in [0.1, 0.15) is 6.04 Å². The fourth-order valence-corrected chi connectivity index (χ4v) is 4.20. The summed E-state index contributed by atoms with van der Waals surface area (Å²) in [5.41, 5.74) is -0.124. The maximum Gasteiger partial charge on any atom is 0.251 e. The van der Waals surface area contributed by atoms with Crippen molar-refractivity contribution in [1.29, 1.82) is 0 Å². The molecule has 29 heavy (non-hydrogen) atoms. The molecule has 7 nitrogen and oxygen atoms in total. The number of nitrogens with one attached hydrogen (secondary N) is 3. The Morgan fingerprint density at radius 2 is 1.76 bits per heavy atom. The molecule has 2 rings (SSSR count). The Kier molecular flexibility index (Phi) is 7.56. The normalized spacial score (nSPS) is 13.0. The Bertz CT molecular complexity index is 931. The number of hydrogen-bond acceptors (Lipinski definition) is 5. The van der Waals surface area contributed by atoms with Gasteiger partial charge in [0.25, 0.3) is 5.91 Å². The van der Waals surface area contributed by atoms with Crippen molar-refractivity contribution >= 4 is 33.2 Å². The minimum Gasteiger partial charge on any atom is -0.350 e. The molecule has 0 saturated carbocycles. The van der Waals surface area contributed by atoms with Crippen molar-refractivity contribution in [1.82, 2.24) is 15.4 Å². The number of carbonyl (C=O) groups excluding carboxylic acids is 2. The molecule has 9 heteroatoms. The average molecular weight is 438 g/mol. The molecule has 2 aromatic rings. The molecule has 0 aliphatic heterocycles. The summed E-state index contributed by atoms with van der Waals surface area (Å²) in [6.07, 6.45) is 0.617. The molecule has 0 saturated heterocycles. The molecule has 0 radical (unpaired) electrons. The van der Waals surface area contributed by atoms with Gasteiger partial charge < -0.3 is 10.6 Å². The van der Waals surface area contributed by atoms with Crippen LogP contribution in [0.1, 0.15) is 42.9 Å². The van der Waals surface area contributed by atoms with Crippen molar-refractivity contribution < 1.29 is 18.0 Å². The summed E-state index contributed by atoms with van der Waals surface area (Å²) < 4.78 is 27.3. The number of carbonyl (C=O) groups is 2. The lowest BCUT2D eigenvalue weighted by Crippen LogP contribution is -2.50. The van der Waals surface area contributed by atoms with Crippen molar-refractivity contribution in [2.24, 2.45) is 0 Å². The molecule has 0 aliphatic rings. The van der Waals surface area contributed by atoms with Crippen LogP contribution in [0.5, 0.6) is 0 Å². The van der Waals surface area contributed by atoms with Gasteiger partial charge in [-0.3, -0.25) is 9.59 Å². The largest absolute Gasteiger partial charge is 0.350 e. The lowest BCUT2D eigenvalue weighted by molar-refractivity contribution is -0.124. The first kappa shape index (κ1) is 23.1. The first-order valence-corrected chi connectivity index (χ1v) is 11.6. The third kappa shape index (κ3) is 7.26. The summed E-state index contributed by atoms with van der Waals surface area (Å²) in [6, 6.07) is 8.77. The van der Waals surface area contributed by atoms with E-state index in [2.05, 4.69) is 15.4 Å². The zero-order valence-electron chi connectivity index (χ0n) is 17.0. The second-order valence-electron chi connectivity index (χ2n) is 7.69. The second-order valence-corrected chi connectivity index (χ2v) is 10.5. The molecular formula is C20H27N3O4S2. The Hall–Kier alpha value is -2.23. The predicted octanol–water partition coefficient (Wildman–Crippen LogP) is 2.30. The van der Waals surface area contributed by atoms with Crippen LogP contribution in [-0.2, 0) is 21.2 Å². The molecular weight excluding hydrogens is 410 g/mol. The van der Waals surface area contributed by atoms with E-state index in [0.29, 0.717) is 13.0 Å². The summed E-state index contributed by atoms with van der Waals surface area (Å²) >= 11 is 1.58. The molecule has 1 unspecified atom stereocenters. The van der Waals surface area contributed by atoms with Crippen molar-refractivity contribution in [3.05, 3.63) is 52.2 Å². The maximum absolute atomic E-state index is 12.4. The second kappa shape index (κ2) is 9.51. The molecule has 1 atom stereocenters. The van der Waals surface area contributed by atoms with Gasteiger partial charge in [-0.2, -0.15) is 0 Å². The lowest BCUT2D eigenvalue weighted by atomic mass is 10.1. The standard InChI is InChI=1S/C20H27N3O4S2/c1-14(18(24)23-20(2,3)4)22-19(25)15-7-9-17(10-8-15)29(26,27)21-12-11-16-6-5-13-28-16/h5-10,13-14,21H,11-12H2,1-4H3,(H,22,25)(H,23,24). The maximum atomic E-state index is 12.4. The Balaban J connectivity index is 1.94. The molecule has 1 aromatic heterocycles. The van der Waals surface area contributed by atoms with E-state index >= 15 is 0 Å². The van der Waals surface area contributed by atoms with Crippen molar-refractivity contribution in [3.63, 3.8) is 0 Å². The number of rotatable bonds is 8. The molecule has 3 N–H and O–H groups in total. The highest BCUT2D eigenvalue weighted by Crippen LogP contribution is 2.12. The molecule has 0 fully saturated rings. The van der Waals surface area contributed by atoms with Crippen molar-refractivity contribution in [2.45, 2.75) is 50.6 Å². The summed E-state index contributed by atoms with van der Waals surface area (Å²) in [7, 11) is -3.65. The minimum absolute atomic E-state index is 0.0822. The summed E-state index contributed by atoms with van der Waals surface area (Å²) in [5, 5.41) is 7.35. The van der Waals surface area contributed by atoms with E-state index in [9.17, 15) is 18.0 Å². The molecule has 0 spiro atoms. The van der Waals surface area contributed by atoms with E-state index < -0.39 is 27.5 Å². The van der Waals surface area contributed by atoms with Gasteiger partial charge in [-0.05, 0) is 69.8 Å². The van der Waals surface area contributed by atoms with Crippen LogP contribution in [0.4, 0.5) is 0 Å². The monoisotopic (exact) mass is 437 g/mol. The average Bonchev–Trinajstić information content (AvgIpc) is 3.13. The highest BCUT2D eigenvalue weighted by Gasteiger charge is 2.21. The van der Waals surface area contributed by atoms with Gasteiger partial charge in [0, 0.05) is 22.5 Å². The fraction of sp³-hybridized carbons (Fsp3) is 0.400. The zero-order chi connectivity index (χ0) is 21.7. The number of hydrogen-bond donors (Lipinski definition) is 3. The predicted molar refractivity (Wildman–Crippen MR) is 114 cm³/mol. The van der Waals surface area contributed by atoms with Crippen LogP contribution < -0.4 is 15.4 Å². The van der Waals surface area contributed by atoms with Crippen LogP contribution in [-0.4, -0.2) is 38.4 Å². The number of amides is 2. The van der Waals surface area contributed by atoms with Gasteiger partial charge >= 0.3 is 0 Å². The number of sulfonamides is 1. The van der Waals surface area contributed by atoms with Gasteiger partial charge in [0.2, 0.25) is 15.9 Å². The van der Waals surface area contributed by atoms with E-state index in [4.69, 9.17) is 0 Å². The van der Waals surface area contributed by atoms with Crippen LogP contribution in [0.25, 0.3) is 0 Å². The van der Waals surface area contributed by atoms with Gasteiger partial charge in [-0.1, -0.05) is 6.07 Å². The highest BCUT2D eigenvalue weighted by atomic mass is 32.2. The molecule has 0 bridgehead atoms. The van der Waals surface area contributed by atoms with Crippen molar-refractivity contribution in [3.8, 4) is 0 Å². The van der Waals surface area contributed by atoms with E-state index in [1.54, 1.807) is 18.3 Å². The first-order chi connectivity index (χ1) is 13.5. The number of benzene rings is 1. The van der Waals surface area contributed by atoms with Crippen molar-refractivity contribution in [2.75, 3.05) is 6.54 Å². The van der Waals surface area contributed by atoms with Crippen LogP contribution in [0.15, 0.2) is 46.7 Å². The molecule has 2 amide bonds. The molecule has 0 aliphatic carbocycles. The van der Waals surface area contributed by atoms with Crippen LogP contribution in [0.3, 0.4) is 0 Å². The SMILES string of the molecule is CC(NC(=O)c1ccc(S(=O)(=O)NCCc2cccs2)cc1)C(=O)NC(C)(C)C. The lowest BCUT2D eigenvalue weighted by Gasteiger charge is -2.23.